The van der Waals surface area contributed by atoms with E-state index in [4.69, 9.17) is 16.7 Å². The third-order valence-electron chi connectivity index (χ3n) is 3.18. The van der Waals surface area contributed by atoms with Crippen LogP contribution in [-0.2, 0) is 14.8 Å². The van der Waals surface area contributed by atoms with E-state index in [-0.39, 0.29) is 30.0 Å². The van der Waals surface area contributed by atoms with E-state index in [2.05, 4.69) is 5.32 Å². The van der Waals surface area contributed by atoms with Crippen LogP contribution in [0, 0.1) is 11.7 Å². The van der Waals surface area contributed by atoms with Crippen molar-refractivity contribution in [1.29, 1.82) is 0 Å². The molecule has 2 rings (SSSR count). The minimum absolute atomic E-state index is 0.0497. The van der Waals surface area contributed by atoms with Crippen LogP contribution in [0.5, 0.6) is 0 Å². The lowest BCUT2D eigenvalue weighted by molar-refractivity contribution is -0.122. The van der Waals surface area contributed by atoms with E-state index < -0.39 is 15.8 Å². The van der Waals surface area contributed by atoms with Crippen LogP contribution in [0.15, 0.2) is 18.2 Å². The summed E-state index contributed by atoms with van der Waals surface area (Å²) in [5, 5.41) is 7.60. The summed E-state index contributed by atoms with van der Waals surface area (Å²) >= 11 is 5.93. The highest BCUT2D eigenvalue weighted by Crippen LogP contribution is 2.50. The lowest BCUT2D eigenvalue weighted by atomic mass is 10.1. The largest absolute Gasteiger partial charge is 0.355 e. The molecule has 1 amide bonds. The number of rotatable bonds is 5. The zero-order valence-electron chi connectivity index (χ0n) is 10.5. The molecule has 1 aromatic carbocycles. The number of hydrogen-bond donors (Lipinski definition) is 2. The first kappa shape index (κ1) is 15.2. The predicted molar refractivity (Wildman–Crippen MR) is 73.2 cm³/mol. The molecule has 0 radical (unpaired) electrons. The third-order valence-corrected chi connectivity index (χ3v) is 4.29. The molecule has 1 aromatic rings. The molecule has 20 heavy (non-hydrogen) atoms. The van der Waals surface area contributed by atoms with Crippen molar-refractivity contribution >= 4 is 27.5 Å². The molecule has 0 spiro atoms. The second kappa shape index (κ2) is 5.67. The molecule has 0 heterocycles. The Labute approximate surface area is 121 Å². The molecule has 0 saturated heterocycles. The van der Waals surface area contributed by atoms with E-state index in [9.17, 15) is 17.6 Å². The van der Waals surface area contributed by atoms with Gasteiger partial charge < -0.3 is 5.32 Å². The summed E-state index contributed by atoms with van der Waals surface area (Å²) < 4.78 is 35.1. The summed E-state index contributed by atoms with van der Waals surface area (Å²) in [6, 6.07) is 4.38. The molecular weight excluding hydrogens is 307 g/mol. The maximum Gasteiger partial charge on any atom is 0.223 e. The molecule has 1 aliphatic carbocycles. The third kappa shape index (κ3) is 3.68. The molecule has 2 atom stereocenters. The Bertz CT molecular complexity index is 615. The maximum atomic E-state index is 13.7. The van der Waals surface area contributed by atoms with Crippen LogP contribution in [-0.4, -0.2) is 26.6 Å². The van der Waals surface area contributed by atoms with Gasteiger partial charge in [0, 0.05) is 29.0 Å². The molecular formula is C12H14ClFN2O3S. The van der Waals surface area contributed by atoms with E-state index in [1.807, 2.05) is 0 Å². The second-order valence-corrected chi connectivity index (χ2v) is 6.88. The summed E-state index contributed by atoms with van der Waals surface area (Å²) in [4.78, 5) is 11.8. The first-order chi connectivity index (χ1) is 9.29. The number of hydrogen-bond acceptors (Lipinski definition) is 3. The summed E-state index contributed by atoms with van der Waals surface area (Å²) in [6.07, 6.45) is 0.502. The quantitative estimate of drug-likeness (QED) is 0.847. The van der Waals surface area contributed by atoms with E-state index >= 15 is 0 Å². The summed E-state index contributed by atoms with van der Waals surface area (Å²) in [5.41, 5.74) is 0.348. The molecule has 0 aliphatic heterocycles. The number of primary sulfonamides is 1. The van der Waals surface area contributed by atoms with Gasteiger partial charge >= 0.3 is 0 Å². The average molecular weight is 321 g/mol. The topological polar surface area (TPSA) is 89.3 Å². The van der Waals surface area contributed by atoms with Gasteiger partial charge in [0.15, 0.2) is 0 Å². The molecule has 1 fully saturated rings. The van der Waals surface area contributed by atoms with Crippen LogP contribution in [0.4, 0.5) is 4.39 Å². The van der Waals surface area contributed by atoms with E-state index in [0.29, 0.717) is 17.0 Å². The lowest BCUT2D eigenvalue weighted by Gasteiger charge is -2.06. The molecule has 110 valence electrons. The van der Waals surface area contributed by atoms with Crippen LogP contribution in [0.1, 0.15) is 17.9 Å². The van der Waals surface area contributed by atoms with Crippen LogP contribution in [0.25, 0.3) is 0 Å². The zero-order chi connectivity index (χ0) is 14.9. The van der Waals surface area contributed by atoms with Crippen molar-refractivity contribution in [2.75, 3.05) is 12.3 Å². The van der Waals surface area contributed by atoms with Crippen LogP contribution in [0.2, 0.25) is 5.02 Å². The Morgan fingerprint density at radius 2 is 2.20 bits per heavy atom. The average Bonchev–Trinajstić information content (AvgIpc) is 3.07. The highest BCUT2D eigenvalue weighted by molar-refractivity contribution is 7.89. The number of nitrogens with two attached hydrogens (primary N) is 1. The number of halogens is 2. The normalized spacial score (nSPS) is 21.6. The molecule has 0 aromatic heterocycles. The first-order valence-electron chi connectivity index (χ1n) is 6.01. The molecule has 0 unspecified atom stereocenters. The smallest absolute Gasteiger partial charge is 0.223 e. The Hall–Kier alpha value is -1.18. The van der Waals surface area contributed by atoms with Crippen LogP contribution < -0.4 is 10.5 Å². The van der Waals surface area contributed by atoms with Gasteiger partial charge in [-0.05, 0) is 18.6 Å². The fourth-order valence-electron chi connectivity index (χ4n) is 2.12. The second-order valence-electron chi connectivity index (χ2n) is 4.74. The van der Waals surface area contributed by atoms with Gasteiger partial charge in [-0.15, -0.1) is 0 Å². The van der Waals surface area contributed by atoms with Crippen molar-refractivity contribution in [2.24, 2.45) is 11.1 Å². The Morgan fingerprint density at radius 1 is 1.50 bits per heavy atom. The summed E-state index contributed by atoms with van der Waals surface area (Å²) in [5.74, 6) is -1.68. The van der Waals surface area contributed by atoms with Gasteiger partial charge in [0.1, 0.15) is 5.82 Å². The monoisotopic (exact) mass is 320 g/mol. The fourth-order valence-corrected chi connectivity index (χ4v) is 2.81. The maximum absolute atomic E-state index is 13.7. The van der Waals surface area contributed by atoms with Crippen LogP contribution in [0.3, 0.4) is 0 Å². The van der Waals surface area contributed by atoms with E-state index in [1.54, 1.807) is 6.07 Å². The van der Waals surface area contributed by atoms with Crippen LogP contribution >= 0.6 is 11.6 Å². The molecule has 1 aliphatic rings. The van der Waals surface area contributed by atoms with Gasteiger partial charge in [0.05, 0.1) is 5.75 Å². The van der Waals surface area contributed by atoms with E-state index in [1.165, 1.54) is 12.1 Å². The van der Waals surface area contributed by atoms with E-state index in [0.717, 1.165) is 0 Å². The highest BCUT2D eigenvalue weighted by Gasteiger charge is 2.46. The number of benzene rings is 1. The fraction of sp³-hybridized carbons (Fsp3) is 0.417. The SMILES string of the molecule is NS(=O)(=O)CCNC(=O)[C@H]1C[C@H]1c1c(F)cccc1Cl. The number of nitrogens with one attached hydrogen (secondary N) is 1. The summed E-state index contributed by atoms with van der Waals surface area (Å²) in [7, 11) is -3.60. The number of carbonyl (C=O) groups excluding carboxylic acids is 1. The number of sulfonamides is 1. The van der Waals surface area contributed by atoms with Crippen molar-refractivity contribution in [1.82, 2.24) is 5.32 Å². The zero-order valence-corrected chi connectivity index (χ0v) is 12.0. The highest BCUT2D eigenvalue weighted by atomic mass is 35.5. The predicted octanol–water partition coefficient (Wildman–Crippen LogP) is 0.987. The molecule has 5 nitrogen and oxygen atoms in total. The lowest BCUT2D eigenvalue weighted by Crippen LogP contribution is -2.32. The molecule has 8 heteroatoms. The molecule has 0 bridgehead atoms. The number of carbonyl (C=O) groups is 1. The van der Waals surface area contributed by atoms with Gasteiger partial charge in [0.25, 0.3) is 0 Å². The van der Waals surface area contributed by atoms with Gasteiger partial charge in [0.2, 0.25) is 15.9 Å². The first-order valence-corrected chi connectivity index (χ1v) is 8.11. The van der Waals surface area contributed by atoms with Crippen molar-refractivity contribution in [3.05, 3.63) is 34.6 Å². The Morgan fingerprint density at radius 3 is 2.80 bits per heavy atom. The van der Waals surface area contributed by atoms with Crippen molar-refractivity contribution in [3.63, 3.8) is 0 Å². The molecule has 1 saturated carbocycles. The van der Waals surface area contributed by atoms with Crippen molar-refractivity contribution in [2.45, 2.75) is 12.3 Å². The minimum Gasteiger partial charge on any atom is -0.355 e. The van der Waals surface area contributed by atoms with Crippen molar-refractivity contribution < 1.29 is 17.6 Å². The van der Waals surface area contributed by atoms with Gasteiger partial charge in [-0.25, -0.2) is 17.9 Å². The summed E-state index contributed by atoms with van der Waals surface area (Å²) in [6.45, 7) is -0.0497. The van der Waals surface area contributed by atoms with Crippen molar-refractivity contribution in [3.8, 4) is 0 Å². The van der Waals surface area contributed by atoms with Gasteiger partial charge in [-0.3, -0.25) is 4.79 Å². The molecule has 3 N–H and O–H groups in total. The minimum atomic E-state index is -3.60. The Kier molecular flexibility index (Phi) is 4.31. The van der Waals surface area contributed by atoms with Gasteiger partial charge in [-0.2, -0.15) is 0 Å². The number of amides is 1. The standard InChI is InChI=1S/C12H14ClFN2O3S/c13-9-2-1-3-10(14)11(9)7-6-8(7)12(17)16-4-5-20(15,18)19/h1-3,7-8H,4-6H2,(H,16,17)(H2,15,18,19)/t7-,8+/m1/s1. The van der Waals surface area contributed by atoms with Gasteiger partial charge in [-0.1, -0.05) is 17.7 Å². The Balaban J connectivity index is 1.93.